The smallest absolute Gasteiger partial charge is 0.350 e. The number of amides is 2. The van der Waals surface area contributed by atoms with Crippen LogP contribution in [-0.4, -0.2) is 35.2 Å². The Morgan fingerprint density at radius 2 is 1.76 bits per heavy atom. The Bertz CT molecular complexity index is 1460. The van der Waals surface area contributed by atoms with Crippen LogP contribution >= 0.6 is 11.8 Å². The second kappa shape index (κ2) is 10.3. The van der Waals surface area contributed by atoms with Crippen LogP contribution in [0.2, 0.25) is 0 Å². The van der Waals surface area contributed by atoms with E-state index in [1.54, 1.807) is 0 Å². The van der Waals surface area contributed by atoms with Crippen molar-refractivity contribution in [1.29, 1.82) is 0 Å². The number of aromatic nitrogens is 1. The SMILES string of the molecule is O=C(NCCn1cc(SCC(=O)N2CCc3ccccc32)c2ccccc21)c1cccc(C(F)(F)F)c1. The molecule has 190 valence electrons. The van der Waals surface area contributed by atoms with E-state index in [-0.39, 0.29) is 18.0 Å². The van der Waals surface area contributed by atoms with E-state index in [9.17, 15) is 22.8 Å². The predicted molar refractivity (Wildman–Crippen MR) is 139 cm³/mol. The number of alkyl halides is 3. The van der Waals surface area contributed by atoms with E-state index in [0.29, 0.717) is 18.8 Å². The summed E-state index contributed by atoms with van der Waals surface area (Å²) in [6.07, 6.45) is -1.69. The van der Waals surface area contributed by atoms with Crippen LogP contribution in [0.3, 0.4) is 0 Å². The molecular weight excluding hydrogens is 499 g/mol. The van der Waals surface area contributed by atoms with Gasteiger partial charge >= 0.3 is 6.18 Å². The van der Waals surface area contributed by atoms with Crippen LogP contribution in [0.4, 0.5) is 18.9 Å². The molecule has 9 heteroatoms. The van der Waals surface area contributed by atoms with Crippen LogP contribution in [0.5, 0.6) is 0 Å². The molecule has 0 atom stereocenters. The van der Waals surface area contributed by atoms with Crippen LogP contribution in [0.25, 0.3) is 10.9 Å². The standard InChI is InChI=1S/C28H24F3N3O2S/c29-28(30,31)21-8-5-7-20(16-21)27(36)32-13-15-33-17-25(22-9-2-4-11-24(22)33)37-18-26(35)34-14-12-19-6-1-3-10-23(19)34/h1-11,16-17H,12-15,18H2,(H,32,36). The average molecular weight is 524 g/mol. The Balaban J connectivity index is 1.23. The molecule has 3 aromatic carbocycles. The number of anilines is 1. The zero-order chi connectivity index (χ0) is 26.0. The maximum atomic E-state index is 13.0. The first-order valence-corrected chi connectivity index (χ1v) is 12.8. The van der Waals surface area contributed by atoms with Crippen molar-refractivity contribution in [2.24, 2.45) is 0 Å². The van der Waals surface area contributed by atoms with Gasteiger partial charge in [0.2, 0.25) is 5.91 Å². The minimum atomic E-state index is -4.51. The van der Waals surface area contributed by atoms with Gasteiger partial charge in [-0.05, 0) is 42.3 Å². The van der Waals surface area contributed by atoms with Gasteiger partial charge in [0.25, 0.3) is 5.91 Å². The van der Waals surface area contributed by atoms with Crippen molar-refractivity contribution in [3.63, 3.8) is 0 Å². The summed E-state index contributed by atoms with van der Waals surface area (Å²) < 4.78 is 40.9. The van der Waals surface area contributed by atoms with E-state index in [4.69, 9.17) is 0 Å². The highest BCUT2D eigenvalue weighted by molar-refractivity contribution is 8.00. The fourth-order valence-corrected chi connectivity index (χ4v) is 5.52. The number of para-hydroxylation sites is 2. The number of hydrogen-bond acceptors (Lipinski definition) is 3. The molecule has 4 aromatic rings. The molecule has 0 bridgehead atoms. The summed E-state index contributed by atoms with van der Waals surface area (Å²) in [5.74, 6) is -0.206. The fourth-order valence-electron chi connectivity index (χ4n) is 4.56. The zero-order valence-electron chi connectivity index (χ0n) is 19.8. The maximum absolute atomic E-state index is 13.0. The molecule has 0 saturated heterocycles. The molecule has 5 rings (SSSR count). The Hall–Kier alpha value is -3.72. The molecule has 1 aliphatic heterocycles. The van der Waals surface area contributed by atoms with Gasteiger partial charge in [-0.15, -0.1) is 11.8 Å². The van der Waals surface area contributed by atoms with Gasteiger partial charge in [0.15, 0.2) is 0 Å². The number of nitrogens with one attached hydrogen (secondary N) is 1. The highest BCUT2D eigenvalue weighted by Gasteiger charge is 2.31. The lowest BCUT2D eigenvalue weighted by Crippen LogP contribution is -2.30. The molecule has 1 N–H and O–H groups in total. The van der Waals surface area contributed by atoms with Crippen LogP contribution in [0, 0.1) is 0 Å². The van der Waals surface area contributed by atoms with Crippen molar-refractivity contribution in [1.82, 2.24) is 9.88 Å². The van der Waals surface area contributed by atoms with Gasteiger partial charge in [-0.25, -0.2) is 0 Å². The third kappa shape index (κ3) is 5.36. The minimum absolute atomic E-state index is 0.0366. The lowest BCUT2D eigenvalue weighted by atomic mass is 10.1. The van der Waals surface area contributed by atoms with Crippen LogP contribution in [0.1, 0.15) is 21.5 Å². The molecule has 5 nitrogen and oxygen atoms in total. The molecule has 2 heterocycles. The van der Waals surface area contributed by atoms with Crippen LogP contribution in [0.15, 0.2) is 83.9 Å². The van der Waals surface area contributed by atoms with Gasteiger partial charge in [0, 0.05) is 52.9 Å². The Kier molecular flexibility index (Phi) is 6.97. The molecule has 1 aromatic heterocycles. The van der Waals surface area contributed by atoms with E-state index in [1.807, 2.05) is 58.1 Å². The number of carbonyl (C=O) groups is 2. The summed E-state index contributed by atoms with van der Waals surface area (Å²) in [5.41, 5.74) is 2.23. The topological polar surface area (TPSA) is 54.3 Å². The summed E-state index contributed by atoms with van der Waals surface area (Å²) in [5, 5.41) is 3.71. The summed E-state index contributed by atoms with van der Waals surface area (Å²) in [6.45, 7) is 1.35. The van der Waals surface area contributed by atoms with E-state index in [2.05, 4.69) is 11.4 Å². The summed E-state index contributed by atoms with van der Waals surface area (Å²) in [6, 6.07) is 20.1. The predicted octanol–water partition coefficient (Wildman–Crippen LogP) is 5.77. The van der Waals surface area contributed by atoms with Crippen molar-refractivity contribution in [3.05, 3.63) is 95.7 Å². The van der Waals surface area contributed by atoms with E-state index < -0.39 is 17.6 Å². The molecule has 0 spiro atoms. The normalized spacial score (nSPS) is 13.1. The summed E-state index contributed by atoms with van der Waals surface area (Å²) >= 11 is 1.47. The van der Waals surface area contributed by atoms with Crippen molar-refractivity contribution in [2.75, 3.05) is 23.7 Å². The molecule has 1 aliphatic rings. The van der Waals surface area contributed by atoms with Crippen LogP contribution < -0.4 is 10.2 Å². The first-order valence-electron chi connectivity index (χ1n) is 11.9. The van der Waals surface area contributed by atoms with Crippen molar-refractivity contribution >= 4 is 40.2 Å². The first-order chi connectivity index (χ1) is 17.8. The quantitative estimate of drug-likeness (QED) is 0.313. The van der Waals surface area contributed by atoms with E-state index in [0.717, 1.165) is 40.0 Å². The van der Waals surface area contributed by atoms with Gasteiger partial charge in [0.05, 0.1) is 11.3 Å². The number of halogens is 3. The minimum Gasteiger partial charge on any atom is -0.350 e. The molecule has 0 radical (unpaired) electrons. The first kappa shape index (κ1) is 25.0. The molecule has 0 fully saturated rings. The Morgan fingerprint density at radius 1 is 0.973 bits per heavy atom. The molecule has 37 heavy (non-hydrogen) atoms. The Morgan fingerprint density at radius 3 is 2.59 bits per heavy atom. The number of nitrogens with zero attached hydrogens (tertiary/aromatic N) is 2. The fraction of sp³-hybridized carbons (Fsp3) is 0.214. The monoisotopic (exact) mass is 523 g/mol. The van der Waals surface area contributed by atoms with Gasteiger partial charge in [-0.3, -0.25) is 9.59 Å². The number of rotatable bonds is 7. The molecule has 0 unspecified atom stereocenters. The average Bonchev–Trinajstić information content (AvgIpc) is 3.49. The Labute approximate surface area is 216 Å². The third-order valence-corrected chi connectivity index (χ3v) is 7.41. The summed E-state index contributed by atoms with van der Waals surface area (Å²) in [4.78, 5) is 28.2. The van der Waals surface area contributed by atoms with E-state index >= 15 is 0 Å². The lowest BCUT2D eigenvalue weighted by Gasteiger charge is -2.16. The van der Waals surface area contributed by atoms with Crippen LogP contribution in [-0.2, 0) is 23.9 Å². The third-order valence-electron chi connectivity index (χ3n) is 6.38. The van der Waals surface area contributed by atoms with Gasteiger partial charge in [0.1, 0.15) is 0 Å². The zero-order valence-corrected chi connectivity index (χ0v) is 20.6. The number of thioether (sulfide) groups is 1. The molecule has 2 amide bonds. The second-order valence-electron chi connectivity index (χ2n) is 8.75. The molecule has 0 aliphatic carbocycles. The molecule has 0 saturated carbocycles. The number of benzene rings is 3. The van der Waals surface area contributed by atoms with Gasteiger partial charge < -0.3 is 14.8 Å². The number of carbonyl (C=O) groups excluding carboxylic acids is 2. The highest BCUT2D eigenvalue weighted by Crippen LogP contribution is 2.33. The molecular formula is C28H24F3N3O2S. The summed E-state index contributed by atoms with van der Waals surface area (Å²) in [7, 11) is 0. The van der Waals surface area contributed by atoms with Crippen molar-refractivity contribution in [2.45, 2.75) is 24.0 Å². The number of hydrogen-bond donors (Lipinski definition) is 1. The van der Waals surface area contributed by atoms with Crippen molar-refractivity contribution < 1.29 is 22.8 Å². The van der Waals surface area contributed by atoms with E-state index in [1.165, 1.54) is 29.5 Å². The largest absolute Gasteiger partial charge is 0.416 e. The second-order valence-corrected chi connectivity index (χ2v) is 9.77. The maximum Gasteiger partial charge on any atom is 0.416 e. The lowest BCUT2D eigenvalue weighted by molar-refractivity contribution is -0.137. The highest BCUT2D eigenvalue weighted by atomic mass is 32.2. The number of fused-ring (bicyclic) bond motifs is 2. The van der Waals surface area contributed by atoms with Gasteiger partial charge in [-0.1, -0.05) is 42.5 Å². The van der Waals surface area contributed by atoms with Gasteiger partial charge in [-0.2, -0.15) is 13.2 Å². The van der Waals surface area contributed by atoms with Crippen molar-refractivity contribution in [3.8, 4) is 0 Å².